The molecule has 1 aliphatic carbocycles. The van der Waals surface area contributed by atoms with E-state index in [9.17, 15) is 0 Å². The zero-order chi connectivity index (χ0) is 41.9. The maximum atomic E-state index is 6.61. The van der Waals surface area contributed by atoms with Gasteiger partial charge in [-0.2, -0.15) is 0 Å². The fraction of sp³-hybridized carbons (Fsp3) is 0.196. The van der Waals surface area contributed by atoms with Gasteiger partial charge < -0.3 is 14.4 Å². The Balaban J connectivity index is 0.000000184. The Bertz CT molecular complexity index is 2910. The van der Waals surface area contributed by atoms with Gasteiger partial charge in [0, 0.05) is 49.3 Å². The van der Waals surface area contributed by atoms with Crippen molar-refractivity contribution in [2.45, 2.75) is 71.5 Å². The van der Waals surface area contributed by atoms with Crippen molar-refractivity contribution in [3.63, 3.8) is 0 Å². The number of hydrogen-bond acceptors (Lipinski definition) is 4. The minimum absolute atomic E-state index is 0. The molecule has 4 nitrogen and oxygen atoms in total. The number of fused-ring (bicyclic) bond motifs is 3. The first kappa shape index (κ1) is 42.9. The van der Waals surface area contributed by atoms with Crippen LogP contribution in [-0.4, -0.2) is 23.0 Å². The van der Waals surface area contributed by atoms with Gasteiger partial charge in [0.1, 0.15) is 5.58 Å². The molecule has 0 N–H and O–H groups in total. The predicted octanol–water partition coefficient (Wildman–Crippen LogP) is 14.6. The number of nitrogens with zero attached hydrogens (tertiary/aromatic N) is 3. The first-order valence-electron chi connectivity index (χ1n) is 21.6. The molecular weight excluding hydrogens is 951 g/mol. The molecule has 4 aromatic heterocycles. The molecule has 62 heavy (non-hydrogen) atoms. The Morgan fingerprint density at radius 3 is 1.98 bits per heavy atom. The van der Waals surface area contributed by atoms with E-state index in [2.05, 4.69) is 175 Å². The number of aryl methyl sites for hydroxylation is 2. The summed E-state index contributed by atoms with van der Waals surface area (Å²) < 4.78 is 6.61. The standard InChI is InChI=1S/C35H28NO.C21H23N2Si.Ir/c1-4-10-24(11-5-1)27-16-19-33-31(22-27)34-29(26-14-8-3-9-15-26)17-18-30(35(34)37-33)32-23-28(20-21-36-32)25-12-6-2-7-13-25;1-15-12-19(13-16(2)23-15)17-6-8-18(9-7-17)21-11-10-20(14-22-21)24(3,4)5;/h1,3-5,8-11,14-17,19-23,25H,2,6-7,12-13H2;6-8,10-14H,1-5H3;/q2*-1;. The average molecular weight is 1000 g/mol. The fourth-order valence-electron chi connectivity index (χ4n) is 8.70. The molecule has 311 valence electrons. The van der Waals surface area contributed by atoms with Crippen LogP contribution >= 0.6 is 0 Å². The van der Waals surface area contributed by atoms with E-state index in [0.29, 0.717) is 5.92 Å². The molecule has 6 heteroatoms. The van der Waals surface area contributed by atoms with Crippen LogP contribution in [0.3, 0.4) is 0 Å². The van der Waals surface area contributed by atoms with Crippen molar-refractivity contribution in [1.82, 2.24) is 15.0 Å². The van der Waals surface area contributed by atoms with Crippen LogP contribution in [0.2, 0.25) is 19.6 Å². The van der Waals surface area contributed by atoms with Gasteiger partial charge >= 0.3 is 0 Å². The zero-order valence-corrected chi connectivity index (χ0v) is 39.5. The number of pyridine rings is 3. The van der Waals surface area contributed by atoms with E-state index in [0.717, 1.165) is 72.5 Å². The van der Waals surface area contributed by atoms with E-state index in [-0.39, 0.29) is 20.1 Å². The van der Waals surface area contributed by atoms with Crippen molar-refractivity contribution in [2.75, 3.05) is 0 Å². The van der Waals surface area contributed by atoms with Crippen LogP contribution in [0.5, 0.6) is 0 Å². The second-order valence-corrected chi connectivity index (χ2v) is 22.5. The number of aromatic nitrogens is 3. The summed E-state index contributed by atoms with van der Waals surface area (Å²) in [6.07, 6.45) is 10.5. The number of furan rings is 1. The predicted molar refractivity (Wildman–Crippen MR) is 257 cm³/mol. The van der Waals surface area contributed by atoms with Gasteiger partial charge in [0.05, 0.1) is 13.7 Å². The van der Waals surface area contributed by atoms with Crippen LogP contribution < -0.4 is 5.19 Å². The van der Waals surface area contributed by atoms with Gasteiger partial charge in [-0.15, -0.1) is 42.0 Å². The van der Waals surface area contributed by atoms with Gasteiger partial charge in [-0.3, -0.25) is 4.98 Å². The van der Waals surface area contributed by atoms with Crippen molar-refractivity contribution in [3.05, 3.63) is 181 Å². The molecule has 1 fully saturated rings. The monoisotopic (exact) mass is 1000 g/mol. The third kappa shape index (κ3) is 9.34. The van der Waals surface area contributed by atoms with Gasteiger partial charge in [-0.25, -0.2) is 0 Å². The number of hydrogen-bond donors (Lipinski definition) is 0. The largest absolute Gasteiger partial charge is 0.501 e. The molecule has 10 rings (SSSR count). The Morgan fingerprint density at radius 2 is 1.32 bits per heavy atom. The molecule has 0 saturated heterocycles. The molecule has 1 aliphatic rings. The Kier molecular flexibility index (Phi) is 12.9. The van der Waals surface area contributed by atoms with Crippen LogP contribution in [0.4, 0.5) is 0 Å². The summed E-state index contributed by atoms with van der Waals surface area (Å²) >= 11 is 0. The van der Waals surface area contributed by atoms with Crippen molar-refractivity contribution in [1.29, 1.82) is 0 Å². The Hall–Kier alpha value is -5.78. The van der Waals surface area contributed by atoms with E-state index in [1.165, 1.54) is 59.5 Å². The fourth-order valence-corrected chi connectivity index (χ4v) is 9.74. The summed E-state index contributed by atoms with van der Waals surface area (Å²) in [7, 11) is -1.30. The summed E-state index contributed by atoms with van der Waals surface area (Å²) in [5, 5.41) is 3.62. The molecule has 0 unspecified atom stereocenters. The summed E-state index contributed by atoms with van der Waals surface area (Å²) in [5.74, 6) is 0.624. The van der Waals surface area contributed by atoms with Crippen molar-refractivity contribution >= 4 is 35.2 Å². The Labute approximate surface area is 380 Å². The van der Waals surface area contributed by atoms with E-state index >= 15 is 0 Å². The topological polar surface area (TPSA) is 51.8 Å². The molecule has 0 spiro atoms. The van der Waals surface area contributed by atoms with Gasteiger partial charge in [0.15, 0.2) is 0 Å². The summed E-state index contributed by atoms with van der Waals surface area (Å²) in [4.78, 5) is 13.9. The van der Waals surface area contributed by atoms with Gasteiger partial charge in [0.2, 0.25) is 0 Å². The smallest absolute Gasteiger partial charge is 0.121 e. The number of rotatable bonds is 7. The van der Waals surface area contributed by atoms with Crippen LogP contribution in [0.1, 0.15) is 55.0 Å². The quantitative estimate of drug-likeness (QED) is 0.118. The van der Waals surface area contributed by atoms with Crippen LogP contribution in [0.25, 0.3) is 77.8 Å². The molecule has 0 aliphatic heterocycles. The first-order valence-corrected chi connectivity index (χ1v) is 25.1. The molecule has 0 bridgehead atoms. The van der Waals surface area contributed by atoms with Gasteiger partial charge in [-0.05, 0) is 96.0 Å². The maximum absolute atomic E-state index is 6.61. The third-order valence-corrected chi connectivity index (χ3v) is 14.0. The number of benzene rings is 5. The first-order chi connectivity index (χ1) is 29.7. The molecule has 1 radical (unpaired) electrons. The van der Waals surface area contributed by atoms with Crippen molar-refractivity contribution < 1.29 is 24.5 Å². The molecule has 5 aromatic carbocycles. The minimum atomic E-state index is -1.30. The molecule has 0 amide bonds. The van der Waals surface area contributed by atoms with Crippen molar-refractivity contribution in [3.8, 4) is 55.9 Å². The Morgan fingerprint density at radius 1 is 0.613 bits per heavy atom. The van der Waals surface area contributed by atoms with E-state index in [4.69, 9.17) is 9.40 Å². The van der Waals surface area contributed by atoms with Crippen molar-refractivity contribution in [2.24, 2.45) is 0 Å². The normalized spacial score (nSPS) is 13.0. The second kappa shape index (κ2) is 18.7. The molecule has 1 saturated carbocycles. The van der Waals surface area contributed by atoms with Gasteiger partial charge in [-0.1, -0.05) is 157 Å². The maximum Gasteiger partial charge on any atom is 0.121 e. The minimum Gasteiger partial charge on any atom is -0.501 e. The third-order valence-electron chi connectivity index (χ3n) is 12.0. The SMILES string of the molecule is Cc1cc(-c2c[c-]c(-c3ccc([Si](C)(C)C)cn3)cc2)cc(C)n1.[Ir].[c-]1cc(-c2ccccc2)c2c(oc3ccc(-c4ccccc4)cc32)c1-c1cc(C2CCCCC2)ccn1. The summed E-state index contributed by atoms with van der Waals surface area (Å²) in [5.41, 5.74) is 16.1. The summed E-state index contributed by atoms with van der Waals surface area (Å²) in [6.45, 7) is 11.1. The van der Waals surface area contributed by atoms with Crippen LogP contribution in [-0.2, 0) is 20.1 Å². The molecular formula is C56H51IrN3OSi-2. The van der Waals surface area contributed by atoms with E-state index in [1.807, 2.05) is 32.3 Å². The molecule has 9 aromatic rings. The molecule has 0 atom stereocenters. The van der Waals surface area contributed by atoms with E-state index < -0.39 is 8.07 Å². The van der Waals surface area contributed by atoms with Gasteiger partial charge in [0.25, 0.3) is 0 Å². The summed E-state index contributed by atoms with van der Waals surface area (Å²) in [6, 6.07) is 55.9. The molecule has 4 heterocycles. The van der Waals surface area contributed by atoms with Crippen LogP contribution in [0, 0.1) is 26.0 Å². The average Bonchev–Trinajstić information content (AvgIpc) is 3.68. The zero-order valence-electron chi connectivity index (χ0n) is 36.1. The second-order valence-electron chi connectivity index (χ2n) is 17.4. The van der Waals surface area contributed by atoms with Crippen LogP contribution in [0.15, 0.2) is 156 Å². The van der Waals surface area contributed by atoms with E-state index in [1.54, 1.807) is 0 Å².